The molecule has 6 heterocycles. The van der Waals surface area contributed by atoms with Gasteiger partial charge in [0.25, 0.3) is 0 Å². The lowest BCUT2D eigenvalue weighted by Gasteiger charge is -2.39. The molecule has 4 unspecified atom stereocenters. The topological polar surface area (TPSA) is 145 Å². The summed E-state index contributed by atoms with van der Waals surface area (Å²) < 4.78 is 5.56. The molecule has 216 valence electrons. The highest BCUT2D eigenvalue weighted by molar-refractivity contribution is 5.85. The maximum Gasteiger partial charge on any atom is 0.410 e. The largest absolute Gasteiger partial charge is 0.444 e. The van der Waals surface area contributed by atoms with E-state index in [1.165, 1.54) is 25.7 Å². The molecule has 0 aromatic carbocycles. The molecule has 0 saturated carbocycles. The molecule has 4 fully saturated rings. The Morgan fingerprint density at radius 1 is 0.795 bits per heavy atom. The summed E-state index contributed by atoms with van der Waals surface area (Å²) in [6.45, 7) is 5.72. The number of carbonyl (C=O) groups is 1. The number of nitrogen functional groups attached to an aromatic ring is 2. The van der Waals surface area contributed by atoms with E-state index in [-0.39, 0.29) is 43.0 Å². The van der Waals surface area contributed by atoms with Crippen molar-refractivity contribution in [3.63, 3.8) is 0 Å². The third kappa shape index (κ3) is 7.61. The number of piperidine rings is 2. The van der Waals surface area contributed by atoms with Gasteiger partial charge in [-0.15, -0.1) is 35.0 Å². The molecule has 4 atom stereocenters. The predicted octanol–water partition coefficient (Wildman–Crippen LogP) is 4.60. The lowest BCUT2D eigenvalue weighted by molar-refractivity contribution is 0.00567. The molecule has 5 N–H and O–H groups in total. The van der Waals surface area contributed by atoms with E-state index >= 15 is 0 Å². The quantitative estimate of drug-likeness (QED) is 0.463. The first kappa shape index (κ1) is 31.1. The summed E-state index contributed by atoms with van der Waals surface area (Å²) in [7, 11) is 0. The standard InChI is InChI=1S/C16H24N4O2.C11H16N4.2ClH/c1-16(2,3)22-15(21)20-11-4-5-12(20)9-10(8-11)13-6-7-14(17)19-18-13;12-11-4-3-10(14-15-11)7-5-8-1-2-9(6-7)13-8;;/h6-7,10-12H,4-5,8-9H2,1-3H3,(H2,17,19);3-4,7-9,13H,1-2,5-6H2,(H2,12,15);2*1H. The molecule has 4 aliphatic rings. The Labute approximate surface area is 243 Å². The van der Waals surface area contributed by atoms with Crippen molar-refractivity contribution in [2.24, 2.45) is 0 Å². The molecule has 0 radical (unpaired) electrons. The second kappa shape index (κ2) is 12.8. The van der Waals surface area contributed by atoms with Crippen LogP contribution in [0.2, 0.25) is 0 Å². The molecule has 1 amide bonds. The normalized spacial score (nSPS) is 28.8. The number of fused-ring (bicyclic) bond motifs is 4. The van der Waals surface area contributed by atoms with E-state index in [0.717, 1.165) is 37.1 Å². The van der Waals surface area contributed by atoms with Crippen molar-refractivity contribution in [3.8, 4) is 0 Å². The highest BCUT2D eigenvalue weighted by Gasteiger charge is 2.45. The Bertz CT molecular complexity index is 1060. The molecule has 10 nitrogen and oxygen atoms in total. The molecule has 0 spiro atoms. The van der Waals surface area contributed by atoms with Crippen molar-refractivity contribution < 1.29 is 9.53 Å². The Balaban J connectivity index is 0.000000217. The average molecular weight is 582 g/mol. The van der Waals surface area contributed by atoms with Crippen LogP contribution < -0.4 is 16.8 Å². The zero-order valence-electron chi connectivity index (χ0n) is 23.0. The molecule has 12 heteroatoms. The van der Waals surface area contributed by atoms with Gasteiger partial charge in [0.05, 0.1) is 11.4 Å². The van der Waals surface area contributed by atoms with Crippen LogP contribution in [0.25, 0.3) is 0 Å². The van der Waals surface area contributed by atoms with Gasteiger partial charge in [-0.1, -0.05) is 0 Å². The number of hydrogen-bond donors (Lipinski definition) is 3. The van der Waals surface area contributed by atoms with Crippen molar-refractivity contribution in [1.82, 2.24) is 30.6 Å². The number of halogens is 2. The Kier molecular flexibility index (Phi) is 10.2. The molecule has 4 saturated heterocycles. The molecule has 2 aromatic rings. The molecule has 0 aliphatic carbocycles. The fourth-order valence-corrected chi connectivity index (χ4v) is 6.47. The van der Waals surface area contributed by atoms with E-state index in [0.29, 0.717) is 35.6 Å². The minimum Gasteiger partial charge on any atom is -0.444 e. The van der Waals surface area contributed by atoms with Crippen molar-refractivity contribution in [1.29, 1.82) is 0 Å². The third-order valence-corrected chi connectivity index (χ3v) is 8.06. The Morgan fingerprint density at radius 3 is 1.67 bits per heavy atom. The van der Waals surface area contributed by atoms with Crippen molar-refractivity contribution in [2.45, 2.75) is 114 Å². The molecule has 2 aromatic heterocycles. The first-order chi connectivity index (χ1) is 17.6. The molecule has 6 rings (SSSR count). The smallest absolute Gasteiger partial charge is 0.410 e. The summed E-state index contributed by atoms with van der Waals surface area (Å²) in [5, 5.41) is 19.9. The van der Waals surface area contributed by atoms with Gasteiger partial charge in [0.2, 0.25) is 0 Å². The van der Waals surface area contributed by atoms with Crippen molar-refractivity contribution in [3.05, 3.63) is 35.7 Å². The number of anilines is 2. The fourth-order valence-electron chi connectivity index (χ4n) is 6.47. The summed E-state index contributed by atoms with van der Waals surface area (Å²) in [4.78, 5) is 14.4. The summed E-state index contributed by atoms with van der Waals surface area (Å²) in [6, 6.07) is 9.53. The van der Waals surface area contributed by atoms with Crippen LogP contribution in [0, 0.1) is 0 Å². The van der Waals surface area contributed by atoms with Gasteiger partial charge in [-0.3, -0.25) is 0 Å². The first-order valence-electron chi connectivity index (χ1n) is 13.6. The zero-order valence-corrected chi connectivity index (χ0v) is 24.6. The van der Waals surface area contributed by atoms with Crippen LogP contribution >= 0.6 is 24.8 Å². The second-order valence-corrected chi connectivity index (χ2v) is 12.0. The van der Waals surface area contributed by atoms with E-state index in [1.54, 1.807) is 6.07 Å². The monoisotopic (exact) mass is 580 g/mol. The van der Waals surface area contributed by atoms with E-state index in [2.05, 4.69) is 25.7 Å². The maximum atomic E-state index is 12.4. The summed E-state index contributed by atoms with van der Waals surface area (Å²) in [5.41, 5.74) is 12.8. The number of hydrogen-bond acceptors (Lipinski definition) is 9. The van der Waals surface area contributed by atoms with Crippen LogP contribution in [0.1, 0.15) is 95.4 Å². The minimum atomic E-state index is -0.449. The number of nitrogens with two attached hydrogens (primary N) is 2. The van der Waals surface area contributed by atoms with Crippen molar-refractivity contribution in [2.75, 3.05) is 11.5 Å². The van der Waals surface area contributed by atoms with Gasteiger partial charge >= 0.3 is 6.09 Å². The van der Waals surface area contributed by atoms with Gasteiger partial charge in [0, 0.05) is 36.0 Å². The third-order valence-electron chi connectivity index (χ3n) is 8.06. The SMILES string of the molecule is CC(C)(C)OC(=O)N1C2CCC1CC(c1ccc(N)nn1)C2.Cl.Cl.Nc1ccc(C2CC3CCC(C2)N3)nn1. The highest BCUT2D eigenvalue weighted by atomic mass is 35.5. The number of carbonyl (C=O) groups excluding carboxylic acids is 1. The number of aromatic nitrogens is 4. The first-order valence-corrected chi connectivity index (χ1v) is 13.6. The fraction of sp³-hybridized carbons (Fsp3) is 0.667. The van der Waals surface area contributed by atoms with Crippen molar-refractivity contribution >= 4 is 42.5 Å². The average Bonchev–Trinajstić information content (AvgIpc) is 3.33. The van der Waals surface area contributed by atoms with Gasteiger partial charge in [0.15, 0.2) is 0 Å². The molecule has 39 heavy (non-hydrogen) atoms. The molecular weight excluding hydrogens is 539 g/mol. The molecular formula is C27H42Cl2N8O2. The predicted molar refractivity (Wildman–Crippen MR) is 156 cm³/mol. The van der Waals surface area contributed by atoms with Crippen LogP contribution in [-0.4, -0.2) is 61.2 Å². The highest BCUT2D eigenvalue weighted by Crippen LogP contribution is 2.43. The van der Waals surface area contributed by atoms with Crippen LogP contribution in [0.4, 0.5) is 16.4 Å². The van der Waals surface area contributed by atoms with Gasteiger partial charge in [-0.25, -0.2) is 4.79 Å². The molecule has 4 aliphatic heterocycles. The molecule has 4 bridgehead atoms. The maximum absolute atomic E-state index is 12.4. The van der Waals surface area contributed by atoms with E-state index < -0.39 is 5.60 Å². The van der Waals surface area contributed by atoms with E-state index in [4.69, 9.17) is 16.2 Å². The number of rotatable bonds is 2. The van der Waals surface area contributed by atoms with E-state index in [9.17, 15) is 4.79 Å². The minimum absolute atomic E-state index is 0. The zero-order chi connectivity index (χ0) is 26.2. The van der Waals surface area contributed by atoms with Crippen LogP contribution in [0.15, 0.2) is 24.3 Å². The van der Waals surface area contributed by atoms with Gasteiger partial charge in [-0.2, -0.15) is 10.2 Å². The number of nitrogens with one attached hydrogen (secondary N) is 1. The number of amides is 1. The summed E-state index contributed by atoms with van der Waals surface area (Å²) >= 11 is 0. The van der Waals surface area contributed by atoms with Gasteiger partial charge in [-0.05, 0) is 96.4 Å². The van der Waals surface area contributed by atoms with Gasteiger partial charge in [0.1, 0.15) is 17.2 Å². The Hall–Kier alpha value is -2.43. The lowest BCUT2D eigenvalue weighted by atomic mass is 9.88. The van der Waals surface area contributed by atoms with E-state index in [1.807, 2.05) is 43.9 Å². The Morgan fingerprint density at radius 2 is 1.26 bits per heavy atom. The number of nitrogens with zero attached hydrogens (tertiary/aromatic N) is 5. The number of ether oxygens (including phenoxy) is 1. The lowest BCUT2D eigenvalue weighted by Crippen LogP contribution is -2.48. The van der Waals surface area contributed by atoms with Gasteiger partial charge < -0.3 is 26.4 Å². The van der Waals surface area contributed by atoms with Crippen LogP contribution in [0.5, 0.6) is 0 Å². The van der Waals surface area contributed by atoms with Crippen LogP contribution in [-0.2, 0) is 4.74 Å². The summed E-state index contributed by atoms with van der Waals surface area (Å²) in [5.74, 6) is 1.88. The summed E-state index contributed by atoms with van der Waals surface area (Å²) in [6.07, 6.45) is 8.81. The second-order valence-electron chi connectivity index (χ2n) is 12.0. The van der Waals surface area contributed by atoms with Crippen LogP contribution in [0.3, 0.4) is 0 Å².